The number of hydrogen-bond acceptors (Lipinski definition) is 6. The molecule has 0 saturated carbocycles. The minimum Gasteiger partial charge on any atom is -0.471 e. The molecule has 0 aliphatic rings. The van der Waals surface area contributed by atoms with Gasteiger partial charge < -0.3 is 19.7 Å². The first-order chi connectivity index (χ1) is 13.9. The van der Waals surface area contributed by atoms with Gasteiger partial charge in [-0.1, -0.05) is 12.1 Å². The Morgan fingerprint density at radius 1 is 1.38 bits per heavy atom. The van der Waals surface area contributed by atoms with Crippen LogP contribution in [0.15, 0.2) is 34.9 Å². The fourth-order valence-corrected chi connectivity index (χ4v) is 2.80. The minimum absolute atomic E-state index is 0.119. The Morgan fingerprint density at radius 3 is 2.76 bits per heavy atom. The second-order valence-corrected chi connectivity index (χ2v) is 6.61. The van der Waals surface area contributed by atoms with Gasteiger partial charge in [0, 0.05) is 18.7 Å². The highest BCUT2D eigenvalue weighted by Gasteiger charge is 2.19. The number of amides is 1. The van der Waals surface area contributed by atoms with Crippen molar-refractivity contribution in [1.29, 1.82) is 0 Å². The fraction of sp³-hybridized carbons (Fsp3) is 0.350. The summed E-state index contributed by atoms with van der Waals surface area (Å²) in [5, 5.41) is 20.2. The molecule has 3 rings (SSSR count). The Balaban J connectivity index is 1.74. The monoisotopic (exact) mass is 402 g/mol. The lowest BCUT2D eigenvalue weighted by Crippen LogP contribution is -2.37. The summed E-state index contributed by atoms with van der Waals surface area (Å²) in [6, 6.07) is 7.14. The molecule has 1 aromatic carbocycles. The third kappa shape index (κ3) is 4.62. The van der Waals surface area contributed by atoms with Crippen molar-refractivity contribution in [2.75, 3.05) is 6.61 Å². The smallest absolute Gasteiger partial charge is 0.269 e. The molecular weight excluding hydrogens is 379 g/mol. The zero-order valence-corrected chi connectivity index (χ0v) is 16.5. The van der Waals surface area contributed by atoms with Crippen LogP contribution in [-0.2, 0) is 13.7 Å². The summed E-state index contributed by atoms with van der Waals surface area (Å²) in [4.78, 5) is 12.4. The molecule has 0 bridgehead atoms. The number of ether oxygens (including phenoxy) is 1. The maximum atomic E-state index is 13.2. The van der Waals surface area contributed by atoms with E-state index in [1.807, 2.05) is 6.92 Å². The van der Waals surface area contributed by atoms with E-state index >= 15 is 0 Å². The van der Waals surface area contributed by atoms with Crippen LogP contribution < -0.4 is 10.1 Å². The van der Waals surface area contributed by atoms with E-state index in [4.69, 9.17) is 9.26 Å². The van der Waals surface area contributed by atoms with E-state index in [0.717, 1.165) is 0 Å². The molecule has 29 heavy (non-hydrogen) atoms. The molecule has 0 fully saturated rings. The van der Waals surface area contributed by atoms with Crippen LogP contribution in [0.5, 0.6) is 5.88 Å². The number of halogens is 1. The van der Waals surface area contributed by atoms with Crippen LogP contribution in [0.1, 0.15) is 35.2 Å². The summed E-state index contributed by atoms with van der Waals surface area (Å²) < 4.78 is 25.6. The number of aryl methyl sites for hydroxylation is 2. The number of nitrogens with one attached hydrogen (secondary N) is 1. The quantitative estimate of drug-likeness (QED) is 0.600. The van der Waals surface area contributed by atoms with E-state index < -0.39 is 0 Å². The molecule has 2 aromatic heterocycles. The molecule has 3 aromatic rings. The van der Waals surface area contributed by atoms with Crippen molar-refractivity contribution in [3.05, 3.63) is 53.2 Å². The predicted molar refractivity (Wildman–Crippen MR) is 103 cm³/mol. The highest BCUT2D eigenvalue weighted by Crippen LogP contribution is 2.26. The number of benzene rings is 1. The summed E-state index contributed by atoms with van der Waals surface area (Å²) in [5.74, 6) is 0.161. The number of carbonyl (C=O) groups is 1. The standard InChI is InChI=1S/C20H23FN4O4/c1-4-15(10-26)22-20(27)17-9-18(23-25(17)3)28-11-16-12(2)29-24-19(16)13-5-7-14(21)8-6-13/h5-9,15,26H,4,10-11H2,1-3H3,(H,22,27)/t15-/m1/s1. The van der Waals surface area contributed by atoms with E-state index in [1.165, 1.54) is 22.9 Å². The average molecular weight is 402 g/mol. The van der Waals surface area contributed by atoms with Gasteiger partial charge in [-0.15, -0.1) is 5.10 Å². The largest absolute Gasteiger partial charge is 0.471 e. The number of carbonyl (C=O) groups excluding carboxylic acids is 1. The zero-order chi connectivity index (χ0) is 21.0. The zero-order valence-electron chi connectivity index (χ0n) is 16.5. The molecule has 0 aliphatic carbocycles. The minimum atomic E-state index is -0.344. The second-order valence-electron chi connectivity index (χ2n) is 6.61. The number of rotatable bonds is 8. The molecule has 0 spiro atoms. The summed E-state index contributed by atoms with van der Waals surface area (Å²) in [6.45, 7) is 3.62. The molecule has 0 saturated heterocycles. The predicted octanol–water partition coefficient (Wildman–Crippen LogP) is 2.60. The van der Waals surface area contributed by atoms with Crippen LogP contribution in [0.25, 0.3) is 11.3 Å². The summed E-state index contributed by atoms with van der Waals surface area (Å²) >= 11 is 0. The molecule has 2 N–H and O–H groups in total. The normalized spacial score (nSPS) is 12.0. The number of nitrogens with zero attached hydrogens (tertiary/aromatic N) is 3. The van der Waals surface area contributed by atoms with Gasteiger partial charge in [0.05, 0.1) is 18.2 Å². The van der Waals surface area contributed by atoms with Crippen LogP contribution in [0.4, 0.5) is 4.39 Å². The molecule has 2 heterocycles. The lowest BCUT2D eigenvalue weighted by Gasteiger charge is -2.13. The molecule has 0 unspecified atom stereocenters. The Hall–Kier alpha value is -3.20. The van der Waals surface area contributed by atoms with E-state index in [-0.39, 0.29) is 36.9 Å². The third-order valence-corrected chi connectivity index (χ3v) is 4.61. The van der Waals surface area contributed by atoms with Gasteiger partial charge in [-0.3, -0.25) is 9.48 Å². The van der Waals surface area contributed by atoms with Gasteiger partial charge in [-0.25, -0.2) is 4.39 Å². The fourth-order valence-electron chi connectivity index (χ4n) is 2.80. The van der Waals surface area contributed by atoms with E-state index in [1.54, 1.807) is 26.1 Å². The molecule has 1 amide bonds. The molecule has 0 radical (unpaired) electrons. The first-order valence-corrected chi connectivity index (χ1v) is 9.22. The van der Waals surface area contributed by atoms with Gasteiger partial charge in [0.15, 0.2) is 0 Å². The Bertz CT molecular complexity index is 977. The van der Waals surface area contributed by atoms with Crippen molar-refractivity contribution in [1.82, 2.24) is 20.3 Å². The van der Waals surface area contributed by atoms with Gasteiger partial charge in [-0.2, -0.15) is 0 Å². The van der Waals surface area contributed by atoms with Crippen LogP contribution >= 0.6 is 0 Å². The van der Waals surface area contributed by atoms with Gasteiger partial charge in [0.1, 0.15) is 29.6 Å². The Kier molecular flexibility index (Phi) is 6.28. The Labute approximate surface area is 167 Å². The number of hydrogen-bond donors (Lipinski definition) is 2. The van der Waals surface area contributed by atoms with Crippen molar-refractivity contribution >= 4 is 5.91 Å². The Morgan fingerprint density at radius 2 is 2.10 bits per heavy atom. The molecule has 1 atom stereocenters. The molecular formula is C20H23FN4O4. The van der Waals surface area contributed by atoms with Crippen LogP contribution in [0.2, 0.25) is 0 Å². The first kappa shape index (κ1) is 20.5. The lowest BCUT2D eigenvalue weighted by atomic mass is 10.1. The second kappa shape index (κ2) is 8.87. The van der Waals surface area contributed by atoms with Crippen LogP contribution in [0, 0.1) is 12.7 Å². The topological polar surface area (TPSA) is 102 Å². The van der Waals surface area contributed by atoms with E-state index in [0.29, 0.717) is 34.7 Å². The molecule has 8 nitrogen and oxygen atoms in total. The third-order valence-electron chi connectivity index (χ3n) is 4.61. The van der Waals surface area contributed by atoms with Gasteiger partial charge in [0.25, 0.3) is 5.91 Å². The first-order valence-electron chi connectivity index (χ1n) is 9.22. The van der Waals surface area contributed by atoms with E-state index in [9.17, 15) is 14.3 Å². The van der Waals surface area contributed by atoms with Crippen molar-refractivity contribution in [2.45, 2.75) is 32.9 Å². The summed E-state index contributed by atoms with van der Waals surface area (Å²) in [6.07, 6.45) is 0.613. The number of aliphatic hydroxyl groups excluding tert-OH is 1. The van der Waals surface area contributed by atoms with Gasteiger partial charge >= 0.3 is 0 Å². The summed E-state index contributed by atoms with van der Waals surface area (Å²) in [5.41, 5.74) is 2.29. The summed E-state index contributed by atoms with van der Waals surface area (Å²) in [7, 11) is 1.64. The highest BCUT2D eigenvalue weighted by molar-refractivity contribution is 5.93. The lowest BCUT2D eigenvalue weighted by molar-refractivity contribution is 0.0905. The van der Waals surface area contributed by atoms with Gasteiger partial charge in [0.2, 0.25) is 5.88 Å². The van der Waals surface area contributed by atoms with Crippen molar-refractivity contribution in [3.63, 3.8) is 0 Å². The molecule has 0 aliphatic heterocycles. The van der Waals surface area contributed by atoms with Gasteiger partial charge in [-0.05, 0) is 37.6 Å². The number of aliphatic hydroxyl groups is 1. The van der Waals surface area contributed by atoms with Crippen molar-refractivity contribution < 1.29 is 23.6 Å². The maximum absolute atomic E-state index is 13.2. The van der Waals surface area contributed by atoms with Crippen LogP contribution in [0.3, 0.4) is 0 Å². The average Bonchev–Trinajstić information content (AvgIpc) is 3.27. The number of aromatic nitrogens is 3. The molecule has 154 valence electrons. The van der Waals surface area contributed by atoms with Crippen LogP contribution in [-0.4, -0.2) is 38.6 Å². The van der Waals surface area contributed by atoms with Crippen molar-refractivity contribution in [3.8, 4) is 17.1 Å². The highest BCUT2D eigenvalue weighted by atomic mass is 19.1. The van der Waals surface area contributed by atoms with E-state index in [2.05, 4.69) is 15.6 Å². The molecule has 9 heteroatoms. The SMILES string of the molecule is CC[C@H](CO)NC(=O)c1cc(OCc2c(-c3ccc(F)cc3)noc2C)nn1C. The van der Waals surface area contributed by atoms with Crippen molar-refractivity contribution in [2.24, 2.45) is 7.05 Å². The maximum Gasteiger partial charge on any atom is 0.269 e.